The molecule has 1 atom stereocenters. The molecule has 24 heavy (non-hydrogen) atoms. The zero-order valence-corrected chi connectivity index (χ0v) is 14.4. The molecule has 3 rings (SSSR count). The van der Waals surface area contributed by atoms with E-state index in [2.05, 4.69) is 15.3 Å². The Labute approximate surface area is 142 Å². The van der Waals surface area contributed by atoms with Crippen LogP contribution in [0.2, 0.25) is 0 Å². The molecule has 0 saturated carbocycles. The SMILES string of the molecule is CCC(=O)N1CCCC1c1cccc(Nc2nc(C)cc(C)n2)n1. The van der Waals surface area contributed by atoms with Gasteiger partial charge in [-0.25, -0.2) is 15.0 Å². The first-order valence-electron chi connectivity index (χ1n) is 8.42. The van der Waals surface area contributed by atoms with Crippen LogP contribution in [-0.2, 0) is 4.79 Å². The Kier molecular flexibility index (Phi) is 4.74. The van der Waals surface area contributed by atoms with E-state index in [-0.39, 0.29) is 11.9 Å². The Hall–Kier alpha value is -2.50. The molecule has 2 aromatic rings. The number of anilines is 2. The molecule has 0 aliphatic carbocycles. The van der Waals surface area contributed by atoms with Crippen LogP contribution in [0.3, 0.4) is 0 Å². The summed E-state index contributed by atoms with van der Waals surface area (Å²) in [4.78, 5) is 27.5. The number of nitrogens with zero attached hydrogens (tertiary/aromatic N) is 4. The summed E-state index contributed by atoms with van der Waals surface area (Å²) in [6.07, 6.45) is 2.52. The summed E-state index contributed by atoms with van der Waals surface area (Å²) in [7, 11) is 0. The molecule has 1 saturated heterocycles. The molecule has 0 bridgehead atoms. The summed E-state index contributed by atoms with van der Waals surface area (Å²) < 4.78 is 0. The summed E-state index contributed by atoms with van der Waals surface area (Å²) in [5.41, 5.74) is 2.75. The van der Waals surface area contributed by atoms with Gasteiger partial charge in [-0.05, 0) is 44.9 Å². The molecule has 1 unspecified atom stereocenters. The number of pyridine rings is 1. The van der Waals surface area contributed by atoms with Crippen molar-refractivity contribution < 1.29 is 4.79 Å². The van der Waals surface area contributed by atoms with E-state index < -0.39 is 0 Å². The van der Waals surface area contributed by atoms with Gasteiger partial charge in [0, 0.05) is 24.4 Å². The Morgan fingerprint density at radius 3 is 2.71 bits per heavy atom. The Bertz CT molecular complexity index is 726. The molecule has 1 aliphatic rings. The standard InChI is InChI=1S/C18H23N5O/c1-4-17(24)23-10-6-8-15(23)14-7-5-9-16(21-14)22-18-19-12(2)11-13(3)20-18/h5,7,9,11,15H,4,6,8,10H2,1-3H3,(H,19,20,21,22). The lowest BCUT2D eigenvalue weighted by Gasteiger charge is -2.24. The van der Waals surface area contributed by atoms with Crippen LogP contribution in [0.25, 0.3) is 0 Å². The van der Waals surface area contributed by atoms with Crippen LogP contribution >= 0.6 is 0 Å². The van der Waals surface area contributed by atoms with Crippen molar-refractivity contribution >= 4 is 17.7 Å². The van der Waals surface area contributed by atoms with Gasteiger partial charge in [0.2, 0.25) is 11.9 Å². The lowest BCUT2D eigenvalue weighted by molar-refractivity contribution is -0.131. The summed E-state index contributed by atoms with van der Waals surface area (Å²) in [5, 5.41) is 3.17. The normalized spacial score (nSPS) is 17.1. The molecule has 6 nitrogen and oxygen atoms in total. The quantitative estimate of drug-likeness (QED) is 0.934. The maximum Gasteiger partial charge on any atom is 0.228 e. The molecule has 6 heteroatoms. The van der Waals surface area contributed by atoms with E-state index >= 15 is 0 Å². The minimum absolute atomic E-state index is 0.0689. The average Bonchev–Trinajstić information content (AvgIpc) is 3.03. The number of rotatable bonds is 4. The van der Waals surface area contributed by atoms with E-state index in [0.717, 1.165) is 36.5 Å². The van der Waals surface area contributed by atoms with Crippen LogP contribution in [0, 0.1) is 13.8 Å². The second-order valence-corrected chi connectivity index (χ2v) is 6.15. The molecule has 0 radical (unpaired) electrons. The van der Waals surface area contributed by atoms with E-state index in [0.29, 0.717) is 18.2 Å². The van der Waals surface area contributed by atoms with E-state index in [1.165, 1.54) is 0 Å². The summed E-state index contributed by atoms with van der Waals surface area (Å²) in [6, 6.07) is 7.84. The monoisotopic (exact) mass is 325 g/mol. The van der Waals surface area contributed by atoms with Crippen molar-refractivity contribution in [1.82, 2.24) is 19.9 Å². The van der Waals surface area contributed by atoms with Crippen molar-refractivity contribution in [1.29, 1.82) is 0 Å². The number of hydrogen-bond acceptors (Lipinski definition) is 5. The van der Waals surface area contributed by atoms with Crippen LogP contribution in [0.4, 0.5) is 11.8 Å². The first kappa shape index (κ1) is 16.4. The maximum absolute atomic E-state index is 12.1. The molecule has 126 valence electrons. The van der Waals surface area contributed by atoms with Crippen molar-refractivity contribution in [3.63, 3.8) is 0 Å². The van der Waals surface area contributed by atoms with Gasteiger partial charge >= 0.3 is 0 Å². The van der Waals surface area contributed by atoms with E-state index in [1.807, 2.05) is 49.9 Å². The van der Waals surface area contributed by atoms with Crippen LogP contribution in [0.15, 0.2) is 24.3 Å². The third-order valence-electron chi connectivity index (χ3n) is 4.21. The Morgan fingerprint density at radius 1 is 1.25 bits per heavy atom. The molecule has 1 amide bonds. The number of hydrogen-bond donors (Lipinski definition) is 1. The van der Waals surface area contributed by atoms with Crippen LogP contribution < -0.4 is 5.32 Å². The molecular weight excluding hydrogens is 302 g/mol. The van der Waals surface area contributed by atoms with Gasteiger partial charge in [-0.15, -0.1) is 0 Å². The van der Waals surface area contributed by atoms with Gasteiger partial charge in [0.1, 0.15) is 5.82 Å². The lowest BCUT2D eigenvalue weighted by atomic mass is 10.1. The topological polar surface area (TPSA) is 71.0 Å². The van der Waals surface area contributed by atoms with Gasteiger partial charge in [0.05, 0.1) is 11.7 Å². The van der Waals surface area contributed by atoms with Gasteiger partial charge in [-0.1, -0.05) is 13.0 Å². The summed E-state index contributed by atoms with van der Waals surface area (Å²) >= 11 is 0. The minimum Gasteiger partial charge on any atom is -0.334 e. The minimum atomic E-state index is 0.0689. The Balaban J connectivity index is 1.82. The highest BCUT2D eigenvalue weighted by atomic mass is 16.2. The van der Waals surface area contributed by atoms with E-state index in [9.17, 15) is 4.79 Å². The average molecular weight is 325 g/mol. The summed E-state index contributed by atoms with van der Waals surface area (Å²) in [6.45, 7) is 6.60. The van der Waals surface area contributed by atoms with Gasteiger partial charge < -0.3 is 10.2 Å². The predicted molar refractivity (Wildman–Crippen MR) is 93.0 cm³/mol. The van der Waals surface area contributed by atoms with Crippen molar-refractivity contribution in [2.75, 3.05) is 11.9 Å². The smallest absolute Gasteiger partial charge is 0.228 e. The van der Waals surface area contributed by atoms with Crippen molar-refractivity contribution in [3.8, 4) is 0 Å². The number of aromatic nitrogens is 3. The van der Waals surface area contributed by atoms with E-state index in [1.54, 1.807) is 0 Å². The largest absolute Gasteiger partial charge is 0.334 e. The van der Waals surface area contributed by atoms with Crippen molar-refractivity contribution in [2.45, 2.75) is 46.1 Å². The number of amides is 1. The fourth-order valence-corrected chi connectivity index (χ4v) is 3.18. The molecule has 3 heterocycles. The predicted octanol–water partition coefficient (Wildman–Crippen LogP) is 3.31. The fourth-order valence-electron chi connectivity index (χ4n) is 3.18. The van der Waals surface area contributed by atoms with Gasteiger partial charge in [-0.3, -0.25) is 4.79 Å². The molecule has 2 aromatic heterocycles. The second kappa shape index (κ2) is 6.95. The van der Waals surface area contributed by atoms with Crippen molar-refractivity contribution in [2.24, 2.45) is 0 Å². The number of likely N-dealkylation sites (tertiary alicyclic amines) is 1. The highest BCUT2D eigenvalue weighted by Crippen LogP contribution is 2.32. The zero-order valence-electron chi connectivity index (χ0n) is 14.4. The number of carbonyl (C=O) groups is 1. The van der Waals surface area contributed by atoms with Crippen LogP contribution in [0.1, 0.15) is 49.3 Å². The van der Waals surface area contributed by atoms with Gasteiger partial charge in [0.15, 0.2) is 0 Å². The first-order valence-corrected chi connectivity index (χ1v) is 8.42. The summed E-state index contributed by atoms with van der Waals surface area (Å²) in [5.74, 6) is 1.44. The maximum atomic E-state index is 12.1. The molecule has 0 spiro atoms. The Morgan fingerprint density at radius 2 is 2.00 bits per heavy atom. The van der Waals surface area contributed by atoms with Crippen LogP contribution in [0.5, 0.6) is 0 Å². The number of aryl methyl sites for hydroxylation is 2. The zero-order chi connectivity index (χ0) is 17.1. The third kappa shape index (κ3) is 3.53. The number of carbonyl (C=O) groups excluding carboxylic acids is 1. The van der Waals surface area contributed by atoms with Crippen LogP contribution in [-0.4, -0.2) is 32.3 Å². The molecule has 0 aromatic carbocycles. The fraction of sp³-hybridized carbons (Fsp3) is 0.444. The van der Waals surface area contributed by atoms with Crippen molar-refractivity contribution in [3.05, 3.63) is 41.3 Å². The molecular formula is C18H23N5O. The molecule has 1 aliphatic heterocycles. The highest BCUT2D eigenvalue weighted by Gasteiger charge is 2.29. The van der Waals surface area contributed by atoms with Gasteiger partial charge in [-0.2, -0.15) is 0 Å². The molecule has 1 fully saturated rings. The lowest BCUT2D eigenvalue weighted by Crippen LogP contribution is -2.30. The van der Waals surface area contributed by atoms with Gasteiger partial charge in [0.25, 0.3) is 0 Å². The second-order valence-electron chi connectivity index (χ2n) is 6.15. The third-order valence-corrected chi connectivity index (χ3v) is 4.21. The molecule has 1 N–H and O–H groups in total. The highest BCUT2D eigenvalue weighted by molar-refractivity contribution is 5.76. The number of nitrogens with one attached hydrogen (secondary N) is 1. The van der Waals surface area contributed by atoms with E-state index in [4.69, 9.17) is 4.98 Å². The first-order chi connectivity index (χ1) is 11.6.